The molecule has 0 spiro atoms. The maximum absolute atomic E-state index is 12.7. The fourth-order valence-electron chi connectivity index (χ4n) is 4.47. The van der Waals surface area contributed by atoms with Gasteiger partial charge in [0.05, 0.1) is 18.8 Å². The summed E-state index contributed by atoms with van der Waals surface area (Å²) in [5.74, 6) is 1.64. The third kappa shape index (κ3) is 5.66. The van der Waals surface area contributed by atoms with Crippen LogP contribution in [0.5, 0.6) is 0 Å². The van der Waals surface area contributed by atoms with Crippen LogP contribution in [0.15, 0.2) is 36.2 Å². The molecule has 2 amide bonds. The van der Waals surface area contributed by atoms with E-state index in [4.69, 9.17) is 4.74 Å². The predicted octanol–water partition coefficient (Wildman–Crippen LogP) is 2.91. The van der Waals surface area contributed by atoms with Gasteiger partial charge in [0.15, 0.2) is 0 Å². The first-order valence-electron chi connectivity index (χ1n) is 10.7. The van der Waals surface area contributed by atoms with Gasteiger partial charge in [-0.3, -0.25) is 14.6 Å². The van der Waals surface area contributed by atoms with E-state index in [0.717, 1.165) is 6.42 Å². The molecule has 0 saturated carbocycles. The first kappa shape index (κ1) is 21.5. The van der Waals surface area contributed by atoms with Crippen molar-refractivity contribution in [1.29, 1.82) is 0 Å². The molecule has 29 heavy (non-hydrogen) atoms. The summed E-state index contributed by atoms with van der Waals surface area (Å²) < 4.78 is 5.36. The van der Waals surface area contributed by atoms with Crippen molar-refractivity contribution in [2.45, 2.75) is 33.6 Å². The monoisotopic (exact) mass is 399 g/mol. The average molecular weight is 400 g/mol. The standard InChI is InChI=1S/C23H33N3O3/c1-16(2)21-12-19(13-22(27)26-7-9-29-10-8-26)17(3)11-20(21)15-25-23(28)18-5-4-6-24-14-18/h4-6,11,14,16,19-21H,7-10,12-13,15H2,1-3H3,(H,25,28). The Morgan fingerprint density at radius 3 is 2.72 bits per heavy atom. The van der Waals surface area contributed by atoms with Gasteiger partial charge < -0.3 is 15.0 Å². The molecule has 3 unspecified atom stereocenters. The molecule has 6 heteroatoms. The van der Waals surface area contributed by atoms with E-state index in [1.54, 1.807) is 24.5 Å². The van der Waals surface area contributed by atoms with E-state index in [-0.39, 0.29) is 23.7 Å². The first-order chi connectivity index (χ1) is 14.0. The number of carbonyl (C=O) groups excluding carboxylic acids is 2. The highest BCUT2D eigenvalue weighted by atomic mass is 16.5. The van der Waals surface area contributed by atoms with Crippen molar-refractivity contribution >= 4 is 11.8 Å². The van der Waals surface area contributed by atoms with Crippen molar-refractivity contribution in [1.82, 2.24) is 15.2 Å². The zero-order chi connectivity index (χ0) is 20.8. The normalized spacial score (nSPS) is 24.9. The lowest BCUT2D eigenvalue weighted by Gasteiger charge is -2.38. The number of hydrogen-bond acceptors (Lipinski definition) is 4. The third-order valence-corrected chi connectivity index (χ3v) is 6.29. The molecule has 3 atom stereocenters. The van der Waals surface area contributed by atoms with Crippen LogP contribution in [0.3, 0.4) is 0 Å². The Morgan fingerprint density at radius 2 is 2.07 bits per heavy atom. The third-order valence-electron chi connectivity index (χ3n) is 6.29. The number of nitrogens with one attached hydrogen (secondary N) is 1. The van der Waals surface area contributed by atoms with Gasteiger partial charge in [0.25, 0.3) is 5.91 Å². The number of allylic oxidation sites excluding steroid dienone is 1. The lowest BCUT2D eigenvalue weighted by atomic mass is 9.69. The SMILES string of the molecule is CC1=CC(CNC(=O)c2cccnc2)C(C(C)C)CC1CC(=O)N1CCOCC1. The lowest BCUT2D eigenvalue weighted by Crippen LogP contribution is -2.42. The molecule has 0 bridgehead atoms. The molecule has 1 N–H and O–H groups in total. The average Bonchev–Trinajstić information content (AvgIpc) is 2.74. The molecule has 2 heterocycles. The number of nitrogens with zero attached hydrogens (tertiary/aromatic N) is 2. The van der Waals surface area contributed by atoms with Crippen LogP contribution in [0.4, 0.5) is 0 Å². The Kier molecular flexibility index (Phi) is 7.42. The van der Waals surface area contributed by atoms with E-state index in [1.165, 1.54) is 5.57 Å². The maximum Gasteiger partial charge on any atom is 0.252 e. The molecular formula is C23H33N3O3. The molecule has 1 saturated heterocycles. The molecule has 1 aliphatic heterocycles. The fraction of sp³-hybridized carbons (Fsp3) is 0.609. The summed E-state index contributed by atoms with van der Waals surface area (Å²) in [4.78, 5) is 31.1. The number of ether oxygens (including phenoxy) is 1. The summed E-state index contributed by atoms with van der Waals surface area (Å²) >= 11 is 0. The fourth-order valence-corrected chi connectivity index (χ4v) is 4.47. The van der Waals surface area contributed by atoms with E-state index in [9.17, 15) is 9.59 Å². The lowest BCUT2D eigenvalue weighted by molar-refractivity contribution is -0.136. The van der Waals surface area contributed by atoms with Crippen LogP contribution >= 0.6 is 0 Å². The van der Waals surface area contributed by atoms with E-state index >= 15 is 0 Å². The van der Waals surface area contributed by atoms with Gasteiger partial charge in [-0.25, -0.2) is 0 Å². The van der Waals surface area contributed by atoms with Crippen molar-refractivity contribution in [2.24, 2.45) is 23.7 Å². The van der Waals surface area contributed by atoms with Crippen molar-refractivity contribution < 1.29 is 14.3 Å². The van der Waals surface area contributed by atoms with Crippen LogP contribution < -0.4 is 5.32 Å². The molecule has 158 valence electrons. The Balaban J connectivity index is 1.62. The minimum absolute atomic E-state index is 0.0868. The van der Waals surface area contributed by atoms with Gasteiger partial charge >= 0.3 is 0 Å². The van der Waals surface area contributed by atoms with Crippen LogP contribution in [-0.2, 0) is 9.53 Å². The van der Waals surface area contributed by atoms with E-state index in [1.807, 2.05) is 4.90 Å². The van der Waals surface area contributed by atoms with Crippen LogP contribution in [0.1, 0.15) is 44.0 Å². The minimum atomic E-state index is -0.0868. The highest BCUT2D eigenvalue weighted by molar-refractivity contribution is 5.93. The van der Waals surface area contributed by atoms with E-state index < -0.39 is 0 Å². The summed E-state index contributed by atoms with van der Waals surface area (Å²) in [7, 11) is 0. The summed E-state index contributed by atoms with van der Waals surface area (Å²) in [6, 6.07) is 3.55. The number of pyridine rings is 1. The van der Waals surface area contributed by atoms with Crippen LogP contribution in [-0.4, -0.2) is 54.5 Å². The molecule has 1 aliphatic carbocycles. The second-order valence-electron chi connectivity index (χ2n) is 8.56. The number of hydrogen-bond donors (Lipinski definition) is 1. The Hall–Kier alpha value is -2.21. The molecule has 1 aromatic heterocycles. The van der Waals surface area contributed by atoms with Gasteiger partial charge in [-0.05, 0) is 49.1 Å². The molecule has 0 radical (unpaired) electrons. The van der Waals surface area contributed by atoms with Crippen LogP contribution in [0.25, 0.3) is 0 Å². The van der Waals surface area contributed by atoms with E-state index in [0.29, 0.717) is 56.7 Å². The molecule has 3 rings (SSSR count). The van der Waals surface area contributed by atoms with Crippen molar-refractivity contribution in [3.63, 3.8) is 0 Å². The Bertz CT molecular complexity index is 726. The molecule has 2 aliphatic rings. The van der Waals surface area contributed by atoms with Crippen LogP contribution in [0, 0.1) is 23.7 Å². The topological polar surface area (TPSA) is 71.5 Å². The molecule has 0 aromatic carbocycles. The van der Waals surface area contributed by atoms with Gasteiger partial charge in [-0.2, -0.15) is 0 Å². The molecular weight excluding hydrogens is 366 g/mol. The number of carbonyl (C=O) groups is 2. The number of morpholine rings is 1. The highest BCUT2D eigenvalue weighted by Gasteiger charge is 2.33. The maximum atomic E-state index is 12.7. The zero-order valence-electron chi connectivity index (χ0n) is 17.8. The molecule has 6 nitrogen and oxygen atoms in total. The quantitative estimate of drug-likeness (QED) is 0.747. The summed E-state index contributed by atoms with van der Waals surface area (Å²) in [5, 5.41) is 3.07. The highest BCUT2D eigenvalue weighted by Crippen LogP contribution is 2.39. The first-order valence-corrected chi connectivity index (χ1v) is 10.7. The number of aromatic nitrogens is 1. The van der Waals surface area contributed by atoms with Gasteiger partial charge in [-0.15, -0.1) is 0 Å². The number of rotatable bonds is 6. The minimum Gasteiger partial charge on any atom is -0.378 e. The second-order valence-corrected chi connectivity index (χ2v) is 8.56. The van der Waals surface area contributed by atoms with Gasteiger partial charge in [0, 0.05) is 38.4 Å². The van der Waals surface area contributed by atoms with Crippen molar-refractivity contribution in [3.05, 3.63) is 41.7 Å². The summed E-state index contributed by atoms with van der Waals surface area (Å²) in [5.41, 5.74) is 1.85. The zero-order valence-corrected chi connectivity index (χ0v) is 17.8. The summed E-state index contributed by atoms with van der Waals surface area (Å²) in [6.07, 6.45) is 7.10. The summed E-state index contributed by atoms with van der Waals surface area (Å²) in [6.45, 7) is 9.88. The number of amides is 2. The molecule has 1 aromatic rings. The van der Waals surface area contributed by atoms with Crippen molar-refractivity contribution in [3.8, 4) is 0 Å². The predicted molar refractivity (Wildman–Crippen MR) is 112 cm³/mol. The molecule has 1 fully saturated rings. The van der Waals surface area contributed by atoms with E-state index in [2.05, 4.69) is 37.1 Å². The second kappa shape index (κ2) is 10.0. The Labute approximate surface area is 173 Å². The van der Waals surface area contributed by atoms with Gasteiger partial charge in [-0.1, -0.05) is 25.5 Å². The Morgan fingerprint density at radius 1 is 1.31 bits per heavy atom. The van der Waals surface area contributed by atoms with Crippen LogP contribution in [0.2, 0.25) is 0 Å². The van der Waals surface area contributed by atoms with Gasteiger partial charge in [0.2, 0.25) is 5.91 Å². The van der Waals surface area contributed by atoms with Crippen molar-refractivity contribution in [2.75, 3.05) is 32.8 Å². The smallest absolute Gasteiger partial charge is 0.252 e. The van der Waals surface area contributed by atoms with Gasteiger partial charge in [0.1, 0.15) is 0 Å². The largest absolute Gasteiger partial charge is 0.378 e.